The van der Waals surface area contributed by atoms with Crippen molar-refractivity contribution in [3.05, 3.63) is 12.2 Å². The highest BCUT2D eigenvalue weighted by atomic mass is 16.5. The fourth-order valence-corrected chi connectivity index (χ4v) is 4.01. The van der Waals surface area contributed by atoms with Crippen LogP contribution in [0.2, 0.25) is 0 Å². The summed E-state index contributed by atoms with van der Waals surface area (Å²) in [7, 11) is 0. The monoisotopic (exact) mass is 264 g/mol. The van der Waals surface area contributed by atoms with E-state index in [4.69, 9.17) is 0 Å². The van der Waals surface area contributed by atoms with Gasteiger partial charge >= 0.3 is 0 Å². The number of carbonyl (C=O) groups excluding carboxylic acids is 1. The molecule has 0 aromatic heterocycles. The predicted octanol–water partition coefficient (Wildman–Crippen LogP) is 2.48. The van der Waals surface area contributed by atoms with E-state index in [-0.39, 0.29) is 5.91 Å². The number of amides is 1. The van der Waals surface area contributed by atoms with Crippen LogP contribution in [0.25, 0.3) is 0 Å². The summed E-state index contributed by atoms with van der Waals surface area (Å²) < 4.78 is 0. The Kier molecular flexibility index (Phi) is 2.89. The molecule has 2 fully saturated rings. The molecule has 1 saturated heterocycles. The zero-order valence-corrected chi connectivity index (χ0v) is 11.0. The minimum atomic E-state index is -0.901. The van der Waals surface area contributed by atoms with E-state index in [1.807, 2.05) is 12.2 Å². The molecular weight excluding hydrogens is 244 g/mol. The molecule has 3 rings (SSSR count). The van der Waals surface area contributed by atoms with Gasteiger partial charge in [-0.3, -0.25) is 10.0 Å². The Labute approximate surface area is 112 Å². The summed E-state index contributed by atoms with van der Waals surface area (Å²) in [6.07, 6.45) is 10.6. The molecule has 2 aliphatic carbocycles. The molecule has 5 nitrogen and oxygen atoms in total. The van der Waals surface area contributed by atoms with E-state index in [0.717, 1.165) is 37.2 Å². The summed E-state index contributed by atoms with van der Waals surface area (Å²) in [6, 6.07) is 0. The van der Waals surface area contributed by atoms with E-state index < -0.39 is 11.0 Å². The van der Waals surface area contributed by atoms with Crippen molar-refractivity contribution >= 4 is 11.6 Å². The van der Waals surface area contributed by atoms with Gasteiger partial charge in [-0.25, -0.2) is 5.06 Å². The van der Waals surface area contributed by atoms with Crippen molar-refractivity contribution in [1.82, 2.24) is 5.06 Å². The molecule has 1 amide bonds. The minimum absolute atomic E-state index is 0.286. The van der Waals surface area contributed by atoms with Crippen molar-refractivity contribution in [2.45, 2.75) is 56.9 Å². The van der Waals surface area contributed by atoms with E-state index in [1.54, 1.807) is 0 Å². The molecule has 104 valence electrons. The van der Waals surface area contributed by atoms with Crippen LogP contribution in [0.5, 0.6) is 0 Å². The molecule has 3 aliphatic rings. The molecule has 1 saturated carbocycles. The van der Waals surface area contributed by atoms with Crippen LogP contribution < -0.4 is 0 Å². The van der Waals surface area contributed by atoms with Gasteiger partial charge in [0.1, 0.15) is 11.3 Å². The quantitative estimate of drug-likeness (QED) is 0.305. The average molecular weight is 264 g/mol. The van der Waals surface area contributed by atoms with Gasteiger partial charge in [0.25, 0.3) is 5.91 Å². The van der Waals surface area contributed by atoms with Crippen LogP contribution in [-0.2, 0) is 4.79 Å². The van der Waals surface area contributed by atoms with E-state index >= 15 is 0 Å². The third kappa shape index (κ3) is 1.51. The molecule has 5 heteroatoms. The van der Waals surface area contributed by atoms with Crippen molar-refractivity contribution in [2.75, 3.05) is 0 Å². The van der Waals surface area contributed by atoms with Crippen molar-refractivity contribution in [2.24, 2.45) is 10.6 Å². The van der Waals surface area contributed by atoms with Gasteiger partial charge in [-0.2, -0.15) is 0 Å². The van der Waals surface area contributed by atoms with Gasteiger partial charge in [-0.15, -0.1) is 0 Å². The van der Waals surface area contributed by atoms with Crippen LogP contribution >= 0.6 is 0 Å². The van der Waals surface area contributed by atoms with Gasteiger partial charge in [0.15, 0.2) is 0 Å². The fourth-order valence-electron chi connectivity index (χ4n) is 4.01. The van der Waals surface area contributed by atoms with E-state index in [2.05, 4.69) is 5.16 Å². The van der Waals surface area contributed by atoms with Crippen LogP contribution in [0.4, 0.5) is 0 Å². The van der Waals surface area contributed by atoms with Gasteiger partial charge in [-0.1, -0.05) is 36.6 Å². The Morgan fingerprint density at radius 1 is 1.16 bits per heavy atom. The van der Waals surface area contributed by atoms with Crippen LogP contribution in [0.15, 0.2) is 17.3 Å². The molecule has 0 aromatic rings. The standard InChI is InChI=1S/C14H20N2O3/c17-12-13(7-3-1-4-8-13)11(15-18)14(16(12)19)9-5-2-6-10-14/h5,9,18-19H,1-4,6-8,10H2/t14-/m1/s1. The molecule has 0 radical (unpaired) electrons. The lowest BCUT2D eigenvalue weighted by Crippen LogP contribution is -2.47. The predicted molar refractivity (Wildman–Crippen MR) is 69.1 cm³/mol. The Balaban J connectivity index is 2.11. The molecule has 1 aliphatic heterocycles. The largest absolute Gasteiger partial charge is 0.411 e. The lowest BCUT2D eigenvalue weighted by Gasteiger charge is -2.35. The first-order valence-corrected chi connectivity index (χ1v) is 7.12. The number of allylic oxidation sites excluding steroid dienone is 1. The third-order valence-electron chi connectivity index (χ3n) is 4.97. The van der Waals surface area contributed by atoms with Crippen LogP contribution in [0.3, 0.4) is 0 Å². The first-order valence-electron chi connectivity index (χ1n) is 7.12. The number of carbonyl (C=O) groups is 1. The normalized spacial score (nSPS) is 35.7. The smallest absolute Gasteiger partial charge is 0.259 e. The van der Waals surface area contributed by atoms with Gasteiger partial charge in [0.05, 0.1) is 5.41 Å². The lowest BCUT2D eigenvalue weighted by atomic mass is 9.67. The second kappa shape index (κ2) is 4.34. The van der Waals surface area contributed by atoms with Crippen molar-refractivity contribution in [3.8, 4) is 0 Å². The fraction of sp³-hybridized carbons (Fsp3) is 0.714. The summed E-state index contributed by atoms with van der Waals surface area (Å²) in [5.41, 5.74) is -1.21. The number of hydroxylamine groups is 2. The molecular formula is C14H20N2O3. The SMILES string of the molecule is O=C1N(O)[C@@]2(C=CCCC2)C(=NO)C12CCCCC2. The number of hydrogen-bond acceptors (Lipinski definition) is 4. The summed E-state index contributed by atoms with van der Waals surface area (Å²) in [5, 5.41) is 24.2. The van der Waals surface area contributed by atoms with Gasteiger partial charge < -0.3 is 5.21 Å². The van der Waals surface area contributed by atoms with Gasteiger partial charge in [0, 0.05) is 0 Å². The third-order valence-corrected chi connectivity index (χ3v) is 4.97. The molecule has 1 atom stereocenters. The molecule has 0 aromatic carbocycles. The molecule has 1 heterocycles. The van der Waals surface area contributed by atoms with Crippen molar-refractivity contribution in [1.29, 1.82) is 0 Å². The highest BCUT2D eigenvalue weighted by Gasteiger charge is 2.64. The highest BCUT2D eigenvalue weighted by molar-refractivity contribution is 6.19. The molecule has 19 heavy (non-hydrogen) atoms. The van der Waals surface area contributed by atoms with Gasteiger partial charge in [-0.05, 0) is 32.1 Å². The first-order chi connectivity index (χ1) is 9.17. The molecule has 2 N–H and O–H groups in total. The first kappa shape index (κ1) is 12.7. The zero-order chi connectivity index (χ0) is 13.5. The second-order valence-electron chi connectivity index (χ2n) is 5.93. The van der Waals surface area contributed by atoms with Crippen LogP contribution in [-0.4, -0.2) is 32.6 Å². The van der Waals surface area contributed by atoms with E-state index in [0.29, 0.717) is 25.0 Å². The number of nitrogens with zero attached hydrogens (tertiary/aromatic N) is 2. The average Bonchev–Trinajstić information content (AvgIpc) is 2.61. The molecule has 2 spiro atoms. The maximum Gasteiger partial charge on any atom is 0.259 e. The molecule has 0 unspecified atom stereocenters. The summed E-state index contributed by atoms with van der Waals surface area (Å²) in [4.78, 5) is 12.6. The molecule has 0 bridgehead atoms. The lowest BCUT2D eigenvalue weighted by molar-refractivity contribution is -0.179. The highest BCUT2D eigenvalue weighted by Crippen LogP contribution is 2.51. The van der Waals surface area contributed by atoms with E-state index in [1.165, 1.54) is 0 Å². The summed E-state index contributed by atoms with van der Waals surface area (Å²) >= 11 is 0. The topological polar surface area (TPSA) is 73.1 Å². The number of oxime groups is 1. The van der Waals surface area contributed by atoms with Crippen molar-refractivity contribution in [3.63, 3.8) is 0 Å². The Hall–Kier alpha value is -1.36. The van der Waals surface area contributed by atoms with Crippen LogP contribution in [0.1, 0.15) is 51.4 Å². The summed E-state index contributed by atoms with van der Waals surface area (Å²) in [6.45, 7) is 0. The maximum atomic E-state index is 12.6. The number of hydrogen-bond donors (Lipinski definition) is 2. The Morgan fingerprint density at radius 3 is 2.47 bits per heavy atom. The van der Waals surface area contributed by atoms with Gasteiger partial charge in [0.2, 0.25) is 0 Å². The minimum Gasteiger partial charge on any atom is -0.411 e. The Bertz CT molecular complexity index is 452. The van der Waals surface area contributed by atoms with Crippen molar-refractivity contribution < 1.29 is 15.2 Å². The van der Waals surface area contributed by atoms with Crippen LogP contribution in [0, 0.1) is 5.41 Å². The van der Waals surface area contributed by atoms with E-state index in [9.17, 15) is 15.2 Å². The summed E-state index contributed by atoms with van der Waals surface area (Å²) in [5.74, 6) is -0.286. The second-order valence-corrected chi connectivity index (χ2v) is 5.93. The zero-order valence-electron chi connectivity index (χ0n) is 11.0. The Morgan fingerprint density at radius 2 is 1.89 bits per heavy atom. The number of rotatable bonds is 0. The maximum absolute atomic E-state index is 12.6.